The number of carbonyl (C=O) groups is 1. The van der Waals surface area contributed by atoms with Crippen molar-refractivity contribution in [2.24, 2.45) is 11.8 Å². The van der Waals surface area contributed by atoms with Gasteiger partial charge in [0.15, 0.2) is 0 Å². The molecule has 5 rings (SSSR count). The molecule has 3 N–H and O–H groups in total. The zero-order chi connectivity index (χ0) is 26.3. The van der Waals surface area contributed by atoms with Gasteiger partial charge in [-0.15, -0.1) is 0 Å². The third-order valence-corrected chi connectivity index (χ3v) is 8.28. The number of carboxylic acids is 1. The summed E-state index contributed by atoms with van der Waals surface area (Å²) in [6, 6.07) is 7.01. The maximum absolute atomic E-state index is 11.4. The Morgan fingerprint density at radius 1 is 1.11 bits per heavy atom. The fourth-order valence-corrected chi connectivity index (χ4v) is 6.54. The zero-order valence-corrected chi connectivity index (χ0v) is 23.8. The van der Waals surface area contributed by atoms with Crippen LogP contribution in [-0.2, 0) is 14.3 Å². The van der Waals surface area contributed by atoms with Crippen LogP contribution in [0.15, 0.2) is 34.9 Å². The predicted molar refractivity (Wildman–Crippen MR) is 128 cm³/mol. The van der Waals surface area contributed by atoms with Crippen LogP contribution in [0.4, 0.5) is 0 Å². The van der Waals surface area contributed by atoms with Crippen molar-refractivity contribution in [1.29, 1.82) is 5.26 Å². The summed E-state index contributed by atoms with van der Waals surface area (Å²) in [7, 11) is 1.64. The van der Waals surface area contributed by atoms with Crippen molar-refractivity contribution in [1.82, 2.24) is 0 Å². The van der Waals surface area contributed by atoms with Gasteiger partial charge in [0.2, 0.25) is 6.29 Å². The minimum Gasteiger partial charge on any atom is -0.547 e. The first-order valence-electron chi connectivity index (χ1n) is 12.9. The van der Waals surface area contributed by atoms with Crippen molar-refractivity contribution in [2.45, 2.75) is 82.1 Å². The van der Waals surface area contributed by atoms with E-state index in [4.69, 9.17) is 14.2 Å². The Bertz CT molecular complexity index is 1170. The molecule has 4 aliphatic rings. The summed E-state index contributed by atoms with van der Waals surface area (Å²) >= 11 is 0. The van der Waals surface area contributed by atoms with Crippen LogP contribution in [-0.4, -0.2) is 59.1 Å². The number of rotatable bonds is 5. The van der Waals surface area contributed by atoms with E-state index in [1.165, 1.54) is 31.3 Å². The summed E-state index contributed by atoms with van der Waals surface area (Å²) in [6.07, 6.45) is 0.152. The summed E-state index contributed by atoms with van der Waals surface area (Å²) in [5, 5.41) is 51.5. The number of aliphatic hydroxyl groups excluding tert-OH is 3. The van der Waals surface area contributed by atoms with Gasteiger partial charge in [0.25, 0.3) is 0 Å². The molecule has 1 saturated heterocycles. The molecule has 9 nitrogen and oxygen atoms in total. The SMILES string of the molecule is COC(=C1C2CCCC1C1=C(CCCC1)C2)c1ccc(C#N)c(O[C@@H]2OC(C(=O)[O-])[C@@H](O)C(O)[C@@H]2O)c1.[Na+]. The number of hydrogen-bond acceptors (Lipinski definition) is 9. The van der Waals surface area contributed by atoms with Crippen molar-refractivity contribution >= 4 is 11.7 Å². The van der Waals surface area contributed by atoms with Crippen molar-refractivity contribution in [3.05, 3.63) is 46.0 Å². The molecule has 198 valence electrons. The van der Waals surface area contributed by atoms with E-state index in [1.807, 2.05) is 6.07 Å². The third-order valence-electron chi connectivity index (χ3n) is 8.28. The van der Waals surface area contributed by atoms with E-state index in [-0.39, 0.29) is 40.9 Å². The number of benzene rings is 1. The first-order chi connectivity index (χ1) is 17.8. The topological polar surface area (TPSA) is 152 Å². The van der Waals surface area contributed by atoms with Crippen molar-refractivity contribution in [2.75, 3.05) is 7.11 Å². The number of hydrogen-bond donors (Lipinski definition) is 3. The Hall–Kier alpha value is -1.90. The first-order valence-corrected chi connectivity index (χ1v) is 12.9. The molecule has 1 aliphatic heterocycles. The Labute approximate surface area is 244 Å². The Morgan fingerprint density at radius 2 is 1.87 bits per heavy atom. The van der Waals surface area contributed by atoms with Crippen molar-refractivity contribution in [3.8, 4) is 11.8 Å². The number of aliphatic carboxylic acids is 1. The number of carboxylic acid groups (broad SMARTS) is 1. The third kappa shape index (κ3) is 5.28. The molecule has 1 saturated carbocycles. The fourth-order valence-electron chi connectivity index (χ4n) is 6.54. The van der Waals surface area contributed by atoms with Crippen LogP contribution in [0.25, 0.3) is 5.76 Å². The molecule has 7 atom stereocenters. The largest absolute Gasteiger partial charge is 1.00 e. The van der Waals surface area contributed by atoms with E-state index in [0.29, 0.717) is 17.4 Å². The number of ether oxygens (including phenoxy) is 3. The molecule has 0 aromatic heterocycles. The zero-order valence-electron chi connectivity index (χ0n) is 21.8. The quantitative estimate of drug-likeness (QED) is 0.234. The smallest absolute Gasteiger partial charge is 0.547 e. The molecular weight excluding hydrogens is 501 g/mol. The fraction of sp³-hybridized carbons (Fsp3) is 0.571. The normalized spacial score (nSPS) is 33.8. The molecule has 3 aliphatic carbocycles. The number of fused-ring (bicyclic) bond motifs is 3. The number of aliphatic hydroxyl groups is 3. The van der Waals surface area contributed by atoms with E-state index < -0.39 is 36.7 Å². The molecule has 0 spiro atoms. The van der Waals surface area contributed by atoms with Crippen LogP contribution in [0.2, 0.25) is 0 Å². The molecule has 4 unspecified atom stereocenters. The second kappa shape index (κ2) is 12.1. The van der Waals surface area contributed by atoms with Gasteiger partial charge < -0.3 is 39.4 Å². The maximum Gasteiger partial charge on any atom is 1.00 e. The van der Waals surface area contributed by atoms with E-state index in [1.54, 1.807) is 36.5 Å². The molecule has 0 radical (unpaired) electrons. The van der Waals surface area contributed by atoms with Crippen LogP contribution < -0.4 is 39.4 Å². The molecule has 2 fully saturated rings. The van der Waals surface area contributed by atoms with Crippen LogP contribution >= 0.6 is 0 Å². The van der Waals surface area contributed by atoms with Gasteiger partial charge in [-0.2, -0.15) is 5.26 Å². The number of allylic oxidation sites excluding steroid dienone is 3. The van der Waals surface area contributed by atoms with Gasteiger partial charge in [0.1, 0.15) is 42.0 Å². The molecular formula is C28H32NNaO8. The molecule has 38 heavy (non-hydrogen) atoms. The summed E-state index contributed by atoms with van der Waals surface area (Å²) < 4.78 is 16.9. The number of carbonyl (C=O) groups excluding carboxylic acids is 1. The Morgan fingerprint density at radius 3 is 2.58 bits per heavy atom. The average Bonchev–Trinajstić information content (AvgIpc) is 2.89. The molecule has 2 bridgehead atoms. The monoisotopic (exact) mass is 533 g/mol. The van der Waals surface area contributed by atoms with Gasteiger partial charge in [-0.25, -0.2) is 0 Å². The summed E-state index contributed by atoms with van der Waals surface area (Å²) in [4.78, 5) is 11.4. The Balaban J connectivity index is 0.00000336. The van der Waals surface area contributed by atoms with E-state index in [0.717, 1.165) is 31.4 Å². The second-order valence-corrected chi connectivity index (χ2v) is 10.4. The Kier molecular flexibility index (Phi) is 9.26. The molecule has 10 heteroatoms. The number of methoxy groups -OCH3 is 1. The van der Waals surface area contributed by atoms with E-state index >= 15 is 0 Å². The van der Waals surface area contributed by atoms with Crippen LogP contribution in [0.3, 0.4) is 0 Å². The standard InChI is InChI=1S/C28H33NO8.Na/c1-35-25(21-15-6-4-8-19(21)18-7-3-2-5-14(18)11-15)16-9-10-17(13-29)20(12-16)36-28-24(32)22(30)23(31)26(37-28)27(33)34;/h9-10,12,15,19,22-24,26,28,30-32H,2-8,11H2,1H3,(H,33,34);/q;+1/p-1/t15?,19?,22?,23-,24-,26?,28+;/m0./s1. The molecule has 1 heterocycles. The average molecular weight is 534 g/mol. The minimum atomic E-state index is -1.91. The van der Waals surface area contributed by atoms with Gasteiger partial charge in [0.05, 0.1) is 18.6 Å². The molecule has 1 aromatic carbocycles. The van der Waals surface area contributed by atoms with Crippen LogP contribution in [0, 0.1) is 23.2 Å². The molecule has 0 amide bonds. The summed E-state index contributed by atoms with van der Waals surface area (Å²) in [5.74, 6) is -0.225. The van der Waals surface area contributed by atoms with Crippen molar-refractivity contribution in [3.63, 3.8) is 0 Å². The minimum absolute atomic E-state index is 0. The first kappa shape index (κ1) is 29.1. The van der Waals surface area contributed by atoms with Gasteiger partial charge in [0, 0.05) is 11.5 Å². The van der Waals surface area contributed by atoms with Gasteiger partial charge in [-0.3, -0.25) is 0 Å². The summed E-state index contributed by atoms with van der Waals surface area (Å²) in [5.41, 5.74) is 5.30. The number of nitriles is 1. The number of nitrogens with zero attached hydrogens (tertiary/aromatic N) is 1. The van der Waals surface area contributed by atoms with Crippen LogP contribution in [0.1, 0.15) is 62.5 Å². The second-order valence-electron chi connectivity index (χ2n) is 10.4. The maximum atomic E-state index is 11.4. The van der Waals surface area contributed by atoms with Gasteiger partial charge >= 0.3 is 29.6 Å². The van der Waals surface area contributed by atoms with Crippen molar-refractivity contribution < 1.29 is 69.0 Å². The van der Waals surface area contributed by atoms with Gasteiger partial charge in [-0.05, 0) is 74.6 Å². The molecule has 1 aromatic rings. The van der Waals surface area contributed by atoms with Gasteiger partial charge in [-0.1, -0.05) is 17.6 Å². The summed E-state index contributed by atoms with van der Waals surface area (Å²) in [6.45, 7) is 0. The van der Waals surface area contributed by atoms with Crippen LogP contribution in [0.5, 0.6) is 5.75 Å². The predicted octanol–water partition coefficient (Wildman–Crippen LogP) is -1.45. The van der Waals surface area contributed by atoms with E-state index in [9.17, 15) is 30.5 Å². The van der Waals surface area contributed by atoms with E-state index in [2.05, 4.69) is 0 Å².